The molecule has 0 aliphatic carbocycles. The van der Waals surface area contributed by atoms with E-state index in [1.165, 1.54) is 0 Å². The lowest BCUT2D eigenvalue weighted by atomic mass is 10.0. The Hall–Kier alpha value is 0.320. The molecule has 0 N–H and O–H groups in total. The molecule has 0 radical (unpaired) electrons. The number of alkyl halides is 1. The van der Waals surface area contributed by atoms with Crippen LogP contribution < -0.4 is 4.74 Å². The summed E-state index contributed by atoms with van der Waals surface area (Å²) in [6.45, 7) is 0. The maximum atomic E-state index is 6.31. The van der Waals surface area contributed by atoms with Crippen LogP contribution in [-0.4, -0.2) is 7.11 Å². The Morgan fingerprint density at radius 2 is 1.75 bits per heavy atom. The van der Waals surface area contributed by atoms with Crippen LogP contribution in [0.1, 0.15) is 16.0 Å². The van der Waals surface area contributed by atoms with Crippen molar-refractivity contribution in [1.82, 2.24) is 0 Å². The Morgan fingerprint density at radius 3 is 2.40 bits per heavy atom. The Morgan fingerprint density at radius 1 is 1.05 bits per heavy atom. The minimum absolute atomic E-state index is 0.0935. The second-order valence-electron chi connectivity index (χ2n) is 4.04. The summed E-state index contributed by atoms with van der Waals surface area (Å²) in [5, 5.41) is 1.79. The second-order valence-corrected chi connectivity index (χ2v) is 7.37. The van der Waals surface area contributed by atoms with E-state index < -0.39 is 0 Å². The normalized spacial score (nSPS) is 12.3. The molecule has 0 bridgehead atoms. The topological polar surface area (TPSA) is 9.23 Å². The predicted octanol–water partition coefficient (Wildman–Crippen LogP) is 6.74. The van der Waals surface area contributed by atoms with Gasteiger partial charge >= 0.3 is 0 Å². The highest BCUT2D eigenvalue weighted by atomic mass is 127. The van der Waals surface area contributed by atoms with E-state index in [9.17, 15) is 0 Å². The molecule has 1 atom stereocenters. The average molecular weight is 506 g/mol. The summed E-state index contributed by atoms with van der Waals surface area (Å²) in [5.74, 6) is 0.556. The molecule has 0 aliphatic rings. The van der Waals surface area contributed by atoms with Gasteiger partial charge in [0, 0.05) is 19.7 Å². The van der Waals surface area contributed by atoms with E-state index in [1.54, 1.807) is 19.2 Å². The lowest BCUT2D eigenvalue weighted by Crippen LogP contribution is -1.98. The number of hydrogen-bond donors (Lipinski definition) is 0. The van der Waals surface area contributed by atoms with Gasteiger partial charge in [0.1, 0.15) is 5.75 Å². The number of halogens is 5. The summed E-state index contributed by atoms with van der Waals surface area (Å²) in [6, 6.07) is 9.25. The first-order chi connectivity index (χ1) is 9.43. The molecule has 0 aliphatic heterocycles. The van der Waals surface area contributed by atoms with Crippen LogP contribution in [-0.2, 0) is 0 Å². The molecule has 1 nitrogen and oxygen atoms in total. The molecule has 0 saturated heterocycles. The van der Waals surface area contributed by atoms with Gasteiger partial charge in [-0.25, -0.2) is 0 Å². The van der Waals surface area contributed by atoms with Crippen LogP contribution >= 0.6 is 73.3 Å². The fraction of sp³-hybridized carbons (Fsp3) is 0.143. The van der Waals surface area contributed by atoms with Gasteiger partial charge in [0.05, 0.1) is 17.0 Å². The minimum Gasteiger partial charge on any atom is -0.495 e. The van der Waals surface area contributed by atoms with E-state index in [1.807, 2.05) is 18.2 Å². The van der Waals surface area contributed by atoms with Crippen molar-refractivity contribution < 1.29 is 4.74 Å². The first-order valence-corrected chi connectivity index (χ1v) is 8.68. The predicted molar refractivity (Wildman–Crippen MR) is 98.0 cm³/mol. The molecule has 0 spiro atoms. The fourth-order valence-corrected chi connectivity index (χ4v) is 4.43. The third-order valence-electron chi connectivity index (χ3n) is 2.78. The van der Waals surface area contributed by atoms with Crippen molar-refractivity contribution >= 4 is 73.3 Å². The quantitative estimate of drug-likeness (QED) is 0.331. The van der Waals surface area contributed by atoms with Gasteiger partial charge in [-0.1, -0.05) is 50.7 Å². The molecular weight excluding hydrogens is 497 g/mol. The first kappa shape index (κ1) is 16.7. The van der Waals surface area contributed by atoms with Crippen molar-refractivity contribution in [1.29, 1.82) is 0 Å². The van der Waals surface area contributed by atoms with Gasteiger partial charge in [-0.3, -0.25) is 0 Å². The van der Waals surface area contributed by atoms with E-state index >= 15 is 0 Å². The van der Waals surface area contributed by atoms with E-state index in [0.29, 0.717) is 20.8 Å². The third kappa shape index (κ3) is 3.55. The largest absolute Gasteiger partial charge is 0.495 e. The second kappa shape index (κ2) is 7.05. The molecular formula is C14H9BrCl3IO. The fourth-order valence-electron chi connectivity index (χ4n) is 1.77. The summed E-state index contributed by atoms with van der Waals surface area (Å²) in [6.07, 6.45) is 0. The van der Waals surface area contributed by atoms with Crippen molar-refractivity contribution in [3.63, 3.8) is 0 Å². The number of rotatable bonds is 3. The summed E-state index contributed by atoms with van der Waals surface area (Å²) >= 11 is 24.5. The molecule has 2 aromatic rings. The summed E-state index contributed by atoms with van der Waals surface area (Å²) < 4.78 is 6.25. The molecule has 0 aromatic heterocycles. The smallest absolute Gasteiger partial charge is 0.138 e. The lowest BCUT2D eigenvalue weighted by Gasteiger charge is -2.16. The van der Waals surface area contributed by atoms with Crippen molar-refractivity contribution in [3.8, 4) is 5.75 Å². The molecule has 106 valence electrons. The summed E-state index contributed by atoms with van der Waals surface area (Å²) in [7, 11) is 1.56. The third-order valence-corrected chi connectivity index (χ3v) is 5.60. The van der Waals surface area contributed by atoms with E-state index in [2.05, 4.69) is 38.5 Å². The van der Waals surface area contributed by atoms with Gasteiger partial charge in [-0.2, -0.15) is 0 Å². The molecule has 1 unspecified atom stereocenters. The van der Waals surface area contributed by atoms with E-state index in [4.69, 9.17) is 39.5 Å². The van der Waals surface area contributed by atoms with Crippen molar-refractivity contribution in [3.05, 3.63) is 60.1 Å². The highest BCUT2D eigenvalue weighted by Crippen LogP contribution is 2.41. The molecule has 2 aromatic carbocycles. The zero-order chi connectivity index (χ0) is 14.9. The molecule has 0 saturated carbocycles. The molecule has 2 rings (SSSR count). The summed E-state index contributed by atoms with van der Waals surface area (Å²) in [5.41, 5.74) is 1.92. The van der Waals surface area contributed by atoms with E-state index in [0.717, 1.165) is 14.7 Å². The van der Waals surface area contributed by atoms with Crippen LogP contribution in [0.25, 0.3) is 0 Å². The standard InChI is InChI=1S/C14H9BrCl3IO/c1-20-13-6-10(17)8(5-11(13)18)14(15)9-4-7(16)2-3-12(9)19/h2-6,14H,1H3. The highest BCUT2D eigenvalue weighted by Gasteiger charge is 2.19. The van der Waals surface area contributed by atoms with Crippen LogP contribution in [0, 0.1) is 3.57 Å². The zero-order valence-electron chi connectivity index (χ0n) is 10.3. The van der Waals surface area contributed by atoms with Gasteiger partial charge in [0.2, 0.25) is 0 Å². The van der Waals surface area contributed by atoms with Gasteiger partial charge < -0.3 is 4.74 Å². The van der Waals surface area contributed by atoms with Crippen LogP contribution in [0.4, 0.5) is 0 Å². The summed E-state index contributed by atoms with van der Waals surface area (Å²) in [4.78, 5) is -0.0935. The van der Waals surface area contributed by atoms with Crippen molar-refractivity contribution in [2.45, 2.75) is 4.83 Å². The zero-order valence-corrected chi connectivity index (χ0v) is 16.3. The van der Waals surface area contributed by atoms with Gasteiger partial charge in [-0.05, 0) is 58.0 Å². The molecule has 0 heterocycles. The van der Waals surface area contributed by atoms with Crippen molar-refractivity contribution in [2.75, 3.05) is 7.11 Å². The van der Waals surface area contributed by atoms with Gasteiger partial charge in [0.15, 0.2) is 0 Å². The number of ether oxygens (including phenoxy) is 1. The Kier molecular flexibility index (Phi) is 5.88. The molecule has 6 heteroatoms. The average Bonchev–Trinajstić information content (AvgIpc) is 2.42. The monoisotopic (exact) mass is 504 g/mol. The van der Waals surface area contributed by atoms with E-state index in [-0.39, 0.29) is 4.83 Å². The highest BCUT2D eigenvalue weighted by molar-refractivity contribution is 14.1. The Balaban J connectivity index is 2.50. The molecule has 20 heavy (non-hydrogen) atoms. The minimum atomic E-state index is -0.0935. The van der Waals surface area contributed by atoms with Gasteiger partial charge in [-0.15, -0.1) is 0 Å². The number of hydrogen-bond acceptors (Lipinski definition) is 1. The first-order valence-electron chi connectivity index (χ1n) is 5.56. The number of benzene rings is 2. The lowest BCUT2D eigenvalue weighted by molar-refractivity contribution is 0.415. The van der Waals surface area contributed by atoms with Crippen LogP contribution in [0.3, 0.4) is 0 Å². The van der Waals surface area contributed by atoms with Crippen LogP contribution in [0.5, 0.6) is 5.75 Å². The Labute approximate surface area is 154 Å². The molecule has 0 fully saturated rings. The number of methoxy groups -OCH3 is 1. The van der Waals surface area contributed by atoms with Gasteiger partial charge in [0.25, 0.3) is 0 Å². The van der Waals surface area contributed by atoms with Crippen LogP contribution in [0.2, 0.25) is 15.1 Å². The SMILES string of the molecule is COc1cc(Cl)c(C(Br)c2cc(Cl)ccc2I)cc1Cl. The Bertz CT molecular complexity index is 649. The molecule has 0 amide bonds. The van der Waals surface area contributed by atoms with Crippen LogP contribution in [0.15, 0.2) is 30.3 Å². The van der Waals surface area contributed by atoms with Crippen molar-refractivity contribution in [2.24, 2.45) is 0 Å². The maximum Gasteiger partial charge on any atom is 0.138 e. The maximum absolute atomic E-state index is 6.31.